The zero-order valence-corrected chi connectivity index (χ0v) is 16.9. The molecule has 0 saturated carbocycles. The maximum Gasteiger partial charge on any atom is 0.412 e. The topological polar surface area (TPSA) is 120 Å². The number of rotatable bonds is 4. The Morgan fingerprint density at radius 1 is 1.19 bits per heavy atom. The molecule has 1 aliphatic heterocycles. The van der Waals surface area contributed by atoms with Crippen LogP contribution in [0.4, 0.5) is 19.7 Å². The van der Waals surface area contributed by atoms with Gasteiger partial charge in [-0.1, -0.05) is 42.5 Å². The summed E-state index contributed by atoms with van der Waals surface area (Å²) in [5.74, 6) is -1.45. The first-order valence-corrected chi connectivity index (χ1v) is 9.32. The minimum atomic E-state index is -1.40. The molecular formula is C21H21FN4O5. The summed E-state index contributed by atoms with van der Waals surface area (Å²) in [5.41, 5.74) is -0.723. The van der Waals surface area contributed by atoms with Gasteiger partial charge in [-0.05, 0) is 18.6 Å². The van der Waals surface area contributed by atoms with E-state index in [0.29, 0.717) is 0 Å². The third-order valence-corrected chi connectivity index (χ3v) is 4.79. The smallest absolute Gasteiger partial charge is 0.412 e. The molecule has 0 bridgehead atoms. The highest BCUT2D eigenvalue weighted by Crippen LogP contribution is 2.36. The Balaban J connectivity index is 1.82. The molecule has 1 atom stereocenters. The van der Waals surface area contributed by atoms with Crippen LogP contribution < -0.4 is 10.6 Å². The highest BCUT2D eigenvalue weighted by molar-refractivity contribution is 6.04. The third-order valence-electron chi connectivity index (χ3n) is 4.79. The van der Waals surface area contributed by atoms with Gasteiger partial charge in [-0.15, -0.1) is 0 Å². The molecular weight excluding hydrogens is 407 g/mol. The van der Waals surface area contributed by atoms with Crippen molar-refractivity contribution in [2.75, 3.05) is 12.4 Å². The number of anilines is 1. The molecule has 0 radical (unpaired) electrons. The minimum absolute atomic E-state index is 0.0149. The molecule has 3 amide bonds. The molecule has 2 aromatic rings. The predicted molar refractivity (Wildman–Crippen MR) is 110 cm³/mol. The van der Waals surface area contributed by atoms with E-state index in [9.17, 15) is 14.4 Å². The van der Waals surface area contributed by atoms with E-state index in [1.54, 1.807) is 24.3 Å². The predicted octanol–water partition coefficient (Wildman–Crippen LogP) is 3.28. The fourth-order valence-corrected chi connectivity index (χ4v) is 3.16. The van der Waals surface area contributed by atoms with Crippen molar-refractivity contribution in [1.29, 1.82) is 0 Å². The van der Waals surface area contributed by atoms with Crippen LogP contribution in [0.1, 0.15) is 24.5 Å². The molecule has 0 saturated heterocycles. The van der Waals surface area contributed by atoms with Crippen LogP contribution in [0, 0.1) is 5.82 Å². The number of nitrogens with zero attached hydrogens (tertiary/aromatic N) is 2. The number of nitrogens with one attached hydrogen (secondary N) is 2. The Hall–Kier alpha value is -3.95. The number of benzene rings is 2. The fraction of sp³-hybridized carbons (Fsp3) is 0.238. The third kappa shape index (κ3) is 4.97. The van der Waals surface area contributed by atoms with Crippen LogP contribution in [0.15, 0.2) is 53.5 Å². The van der Waals surface area contributed by atoms with Gasteiger partial charge in [-0.2, -0.15) is 0 Å². The summed E-state index contributed by atoms with van der Waals surface area (Å²) >= 11 is 0. The number of carbonyl (C=O) groups is 3. The molecule has 0 spiro atoms. The number of ether oxygens (including phenoxy) is 1. The van der Waals surface area contributed by atoms with Gasteiger partial charge >= 0.3 is 12.2 Å². The monoisotopic (exact) mass is 428 g/mol. The lowest BCUT2D eigenvalue weighted by molar-refractivity contribution is -0.128. The minimum Gasteiger partial charge on any atom is -0.465 e. The normalized spacial score (nSPS) is 18.2. The Morgan fingerprint density at radius 3 is 2.58 bits per heavy atom. The zero-order valence-electron chi connectivity index (χ0n) is 16.9. The lowest BCUT2D eigenvalue weighted by atomic mass is 9.87. The van der Waals surface area contributed by atoms with Gasteiger partial charge in [0.15, 0.2) is 5.82 Å². The van der Waals surface area contributed by atoms with Gasteiger partial charge in [-0.3, -0.25) is 20.3 Å². The van der Waals surface area contributed by atoms with Crippen molar-refractivity contribution in [1.82, 2.24) is 10.2 Å². The van der Waals surface area contributed by atoms with Crippen molar-refractivity contribution in [3.63, 3.8) is 0 Å². The van der Waals surface area contributed by atoms with Crippen molar-refractivity contribution < 1.29 is 28.6 Å². The first kappa shape index (κ1) is 21.8. The van der Waals surface area contributed by atoms with Gasteiger partial charge in [0.05, 0.1) is 17.6 Å². The van der Waals surface area contributed by atoms with E-state index < -0.39 is 29.4 Å². The van der Waals surface area contributed by atoms with Gasteiger partial charge in [-0.25, -0.2) is 19.0 Å². The molecule has 0 aliphatic carbocycles. The number of guanidine groups is 1. The molecule has 162 valence electrons. The Morgan fingerprint density at radius 2 is 1.90 bits per heavy atom. The molecule has 0 fully saturated rings. The van der Waals surface area contributed by atoms with Gasteiger partial charge in [0.1, 0.15) is 6.61 Å². The second kappa shape index (κ2) is 8.82. The van der Waals surface area contributed by atoms with Crippen LogP contribution in [-0.4, -0.2) is 41.1 Å². The van der Waals surface area contributed by atoms with Gasteiger partial charge in [0.2, 0.25) is 11.9 Å². The molecule has 3 rings (SSSR count). The molecule has 1 heterocycles. The average Bonchev–Trinajstić information content (AvgIpc) is 2.72. The zero-order chi connectivity index (χ0) is 22.6. The Labute approximate surface area is 177 Å². The van der Waals surface area contributed by atoms with Crippen LogP contribution in [0.3, 0.4) is 0 Å². The number of hydrogen-bond donors (Lipinski definition) is 3. The second-order valence-electron chi connectivity index (χ2n) is 7.12. The van der Waals surface area contributed by atoms with Gasteiger partial charge in [0.25, 0.3) is 0 Å². The molecule has 2 aromatic carbocycles. The Bertz CT molecular complexity index is 1040. The van der Waals surface area contributed by atoms with Crippen molar-refractivity contribution in [2.45, 2.75) is 25.5 Å². The summed E-state index contributed by atoms with van der Waals surface area (Å²) < 4.78 is 20.3. The second-order valence-corrected chi connectivity index (χ2v) is 7.12. The van der Waals surface area contributed by atoms with E-state index in [1.165, 1.54) is 32.2 Å². The van der Waals surface area contributed by atoms with Gasteiger partial charge in [0, 0.05) is 12.6 Å². The van der Waals surface area contributed by atoms with E-state index in [2.05, 4.69) is 10.3 Å². The summed E-state index contributed by atoms with van der Waals surface area (Å²) in [6.45, 7) is 1.53. The fourth-order valence-electron chi connectivity index (χ4n) is 3.16. The summed E-state index contributed by atoms with van der Waals surface area (Å²) in [6.07, 6.45) is -2.44. The summed E-state index contributed by atoms with van der Waals surface area (Å²) in [7, 11) is 1.37. The standard InChI is InChI=1S/C21H21FN4O5/c1-21(11-16(27)26(2)18(25-21)24-19(28)29)14-9-6-10-15(17(14)22)23-20(30)31-12-13-7-4-3-5-8-13/h3-10H,11-12H2,1-2H3,(H,23,30)(H,24,25)(H,28,29)/t21-/m0/s1. The van der Waals surface area contributed by atoms with Crippen LogP contribution in [0.2, 0.25) is 0 Å². The lowest BCUT2D eigenvalue weighted by Crippen LogP contribution is -2.51. The van der Waals surface area contributed by atoms with Crippen LogP contribution in [0.5, 0.6) is 0 Å². The number of aliphatic imine (C=N–C) groups is 1. The molecule has 3 N–H and O–H groups in total. The Kier molecular flexibility index (Phi) is 6.19. The van der Waals surface area contributed by atoms with E-state index >= 15 is 4.39 Å². The maximum atomic E-state index is 15.2. The number of carbonyl (C=O) groups excluding carboxylic acids is 2. The summed E-state index contributed by atoms with van der Waals surface area (Å²) in [4.78, 5) is 40.8. The maximum absolute atomic E-state index is 15.2. The molecule has 0 aromatic heterocycles. The van der Waals surface area contributed by atoms with Crippen LogP contribution in [-0.2, 0) is 21.7 Å². The quantitative estimate of drug-likeness (QED) is 0.690. The van der Waals surface area contributed by atoms with Gasteiger partial charge < -0.3 is 9.84 Å². The van der Waals surface area contributed by atoms with E-state index in [0.717, 1.165) is 10.5 Å². The molecule has 10 heteroatoms. The van der Waals surface area contributed by atoms with Crippen LogP contribution >= 0.6 is 0 Å². The number of amides is 3. The number of halogens is 1. The summed E-state index contributed by atoms with van der Waals surface area (Å²) in [5, 5.41) is 13.4. The summed E-state index contributed by atoms with van der Waals surface area (Å²) in [6, 6.07) is 13.3. The largest absolute Gasteiger partial charge is 0.465 e. The molecule has 31 heavy (non-hydrogen) atoms. The van der Waals surface area contributed by atoms with Crippen molar-refractivity contribution >= 4 is 29.7 Å². The van der Waals surface area contributed by atoms with E-state index in [1.807, 2.05) is 11.4 Å². The van der Waals surface area contributed by atoms with E-state index in [4.69, 9.17) is 9.84 Å². The van der Waals surface area contributed by atoms with Crippen molar-refractivity contribution in [2.24, 2.45) is 4.99 Å². The first-order valence-electron chi connectivity index (χ1n) is 9.32. The molecule has 1 aliphatic rings. The van der Waals surface area contributed by atoms with Crippen molar-refractivity contribution in [3.05, 3.63) is 65.5 Å². The molecule has 9 nitrogen and oxygen atoms in total. The van der Waals surface area contributed by atoms with Crippen molar-refractivity contribution in [3.8, 4) is 0 Å². The average molecular weight is 428 g/mol. The van der Waals surface area contributed by atoms with E-state index in [-0.39, 0.29) is 30.2 Å². The number of hydrogen-bond acceptors (Lipinski definition) is 5. The highest BCUT2D eigenvalue weighted by Gasteiger charge is 2.39. The SMILES string of the molecule is CN1C(=O)C[C@@](C)(c2cccc(NC(=O)OCc3ccccc3)c2F)N=C1NC(=O)O. The highest BCUT2D eigenvalue weighted by atomic mass is 19.1. The lowest BCUT2D eigenvalue weighted by Gasteiger charge is -2.35. The van der Waals surface area contributed by atoms with Crippen LogP contribution in [0.25, 0.3) is 0 Å². The molecule has 0 unspecified atom stereocenters. The first-order chi connectivity index (χ1) is 14.7. The number of carboxylic acid groups (broad SMARTS) is 1.